The fourth-order valence-electron chi connectivity index (χ4n) is 1.74. The van der Waals surface area contributed by atoms with Crippen LogP contribution < -0.4 is 15.4 Å². The van der Waals surface area contributed by atoms with Gasteiger partial charge in [0.05, 0.1) is 25.3 Å². The van der Waals surface area contributed by atoms with Gasteiger partial charge in [0.1, 0.15) is 11.8 Å². The quantitative estimate of drug-likeness (QED) is 0.864. The minimum Gasteiger partial charge on any atom is -0.495 e. The molecule has 5 nitrogen and oxygen atoms in total. The molecule has 0 aliphatic heterocycles. The minimum atomic E-state index is -0.603. The molecule has 0 bridgehead atoms. The first-order valence-corrected chi connectivity index (χ1v) is 6.46. The van der Waals surface area contributed by atoms with Crippen LogP contribution in [0.15, 0.2) is 24.3 Å². The number of hydrogen-bond acceptors (Lipinski definition) is 4. The van der Waals surface area contributed by atoms with E-state index in [1.807, 2.05) is 39.0 Å². The van der Waals surface area contributed by atoms with Gasteiger partial charge in [-0.2, -0.15) is 5.26 Å². The number of hydrogen-bond donors (Lipinski definition) is 2. The second-order valence-corrected chi connectivity index (χ2v) is 5.53. The lowest BCUT2D eigenvalue weighted by Gasteiger charge is -2.22. The topological polar surface area (TPSA) is 74.1 Å². The van der Waals surface area contributed by atoms with Crippen LogP contribution in [0.1, 0.15) is 27.2 Å². The van der Waals surface area contributed by atoms with E-state index in [4.69, 9.17) is 10.00 Å². The van der Waals surface area contributed by atoms with Gasteiger partial charge in [-0.1, -0.05) is 12.1 Å². The third-order valence-corrected chi connectivity index (χ3v) is 2.50. The molecule has 20 heavy (non-hydrogen) atoms. The molecule has 0 aliphatic rings. The summed E-state index contributed by atoms with van der Waals surface area (Å²) in [5.74, 6) is 0.482. The Labute approximate surface area is 119 Å². The number of para-hydroxylation sites is 2. The predicted molar refractivity (Wildman–Crippen MR) is 78.5 cm³/mol. The van der Waals surface area contributed by atoms with Gasteiger partial charge in [-0.3, -0.25) is 4.79 Å². The first kappa shape index (κ1) is 15.8. The molecule has 1 aromatic carbocycles. The highest BCUT2D eigenvalue weighted by atomic mass is 16.5. The van der Waals surface area contributed by atoms with Gasteiger partial charge in [0, 0.05) is 5.54 Å². The minimum absolute atomic E-state index is 0.0891. The van der Waals surface area contributed by atoms with Crippen molar-refractivity contribution in [1.29, 1.82) is 5.26 Å². The Morgan fingerprint density at radius 1 is 1.40 bits per heavy atom. The smallest absolute Gasteiger partial charge is 0.223 e. The Morgan fingerprint density at radius 3 is 2.60 bits per heavy atom. The van der Waals surface area contributed by atoms with Crippen molar-refractivity contribution in [3.05, 3.63) is 24.3 Å². The molecule has 0 aromatic heterocycles. The van der Waals surface area contributed by atoms with E-state index in [0.717, 1.165) is 0 Å². The van der Waals surface area contributed by atoms with Crippen LogP contribution in [0.25, 0.3) is 0 Å². The molecule has 1 amide bonds. The molecule has 0 fully saturated rings. The van der Waals surface area contributed by atoms with Crippen LogP contribution in [0.4, 0.5) is 5.69 Å². The van der Waals surface area contributed by atoms with E-state index in [1.165, 1.54) is 0 Å². The van der Waals surface area contributed by atoms with E-state index in [9.17, 15) is 4.79 Å². The summed E-state index contributed by atoms with van der Waals surface area (Å²) in [7, 11) is 1.56. The first-order valence-electron chi connectivity index (χ1n) is 6.46. The van der Waals surface area contributed by atoms with E-state index in [2.05, 4.69) is 16.7 Å². The van der Waals surface area contributed by atoms with Crippen molar-refractivity contribution in [3.63, 3.8) is 0 Å². The van der Waals surface area contributed by atoms with Gasteiger partial charge in [0.25, 0.3) is 0 Å². The molecule has 0 spiro atoms. The number of rotatable bonds is 5. The molecular weight excluding hydrogens is 254 g/mol. The number of nitriles is 1. The molecule has 1 aromatic rings. The van der Waals surface area contributed by atoms with Crippen LogP contribution in [-0.2, 0) is 4.79 Å². The van der Waals surface area contributed by atoms with E-state index < -0.39 is 6.04 Å². The molecule has 0 saturated heterocycles. The van der Waals surface area contributed by atoms with Gasteiger partial charge in [-0.25, -0.2) is 0 Å². The largest absolute Gasteiger partial charge is 0.495 e. The van der Waals surface area contributed by atoms with E-state index in [0.29, 0.717) is 11.4 Å². The lowest BCUT2D eigenvalue weighted by Crippen LogP contribution is -2.42. The Bertz CT molecular complexity index is 501. The van der Waals surface area contributed by atoms with E-state index in [1.54, 1.807) is 13.2 Å². The summed E-state index contributed by atoms with van der Waals surface area (Å²) in [6, 6.07) is 8.78. The standard InChI is InChI=1S/C15H21N3O2/c1-15(2,3)18-14(19)9-11(10-16)17-12-7-5-6-8-13(12)20-4/h5-8,11,17H,9H2,1-4H3,(H,18,19). The number of benzene rings is 1. The highest BCUT2D eigenvalue weighted by molar-refractivity contribution is 5.78. The van der Waals surface area contributed by atoms with Crippen molar-refractivity contribution in [2.24, 2.45) is 0 Å². The number of methoxy groups -OCH3 is 1. The van der Waals surface area contributed by atoms with Crippen LogP contribution in [0.2, 0.25) is 0 Å². The van der Waals surface area contributed by atoms with Gasteiger partial charge in [-0.15, -0.1) is 0 Å². The number of nitrogens with zero attached hydrogens (tertiary/aromatic N) is 1. The Hall–Kier alpha value is -2.22. The normalized spacial score (nSPS) is 12.2. The number of nitrogens with one attached hydrogen (secondary N) is 2. The van der Waals surface area contributed by atoms with E-state index in [-0.39, 0.29) is 17.9 Å². The molecule has 1 atom stereocenters. The van der Waals surface area contributed by atoms with Crippen molar-refractivity contribution in [2.45, 2.75) is 38.8 Å². The molecule has 0 aliphatic carbocycles. The van der Waals surface area contributed by atoms with Crippen molar-refractivity contribution in [3.8, 4) is 11.8 Å². The third kappa shape index (κ3) is 5.19. The lowest BCUT2D eigenvalue weighted by molar-refractivity contribution is -0.122. The number of carbonyl (C=O) groups is 1. The molecule has 1 rings (SSSR count). The summed E-state index contributed by atoms with van der Waals surface area (Å²) < 4.78 is 5.20. The van der Waals surface area contributed by atoms with Crippen LogP contribution in [0, 0.1) is 11.3 Å². The molecule has 0 radical (unpaired) electrons. The molecule has 0 saturated carbocycles. The summed E-state index contributed by atoms with van der Waals surface area (Å²) in [6.07, 6.45) is 0.0891. The van der Waals surface area contributed by atoms with Gasteiger partial charge < -0.3 is 15.4 Å². The summed E-state index contributed by atoms with van der Waals surface area (Å²) in [6.45, 7) is 5.71. The second-order valence-electron chi connectivity index (χ2n) is 5.53. The zero-order valence-electron chi connectivity index (χ0n) is 12.4. The highest BCUT2D eigenvalue weighted by Crippen LogP contribution is 2.24. The Morgan fingerprint density at radius 2 is 2.05 bits per heavy atom. The van der Waals surface area contributed by atoms with Crippen LogP contribution in [-0.4, -0.2) is 24.6 Å². The second kappa shape index (κ2) is 6.80. The Balaban J connectivity index is 2.69. The predicted octanol–water partition coefficient (Wildman–Crippen LogP) is 2.30. The summed E-state index contributed by atoms with van der Waals surface area (Å²) in [4.78, 5) is 11.8. The van der Waals surface area contributed by atoms with Gasteiger partial charge in [0.2, 0.25) is 5.91 Å². The van der Waals surface area contributed by atoms with Crippen molar-refractivity contribution >= 4 is 11.6 Å². The third-order valence-electron chi connectivity index (χ3n) is 2.50. The fraction of sp³-hybridized carbons (Fsp3) is 0.467. The fourth-order valence-corrected chi connectivity index (χ4v) is 1.74. The van der Waals surface area contributed by atoms with Crippen molar-refractivity contribution < 1.29 is 9.53 Å². The Kier molecular flexibility index (Phi) is 5.39. The van der Waals surface area contributed by atoms with Crippen LogP contribution in [0.3, 0.4) is 0 Å². The summed E-state index contributed by atoms with van der Waals surface area (Å²) in [5.41, 5.74) is 0.395. The molecule has 2 N–H and O–H groups in total. The number of anilines is 1. The summed E-state index contributed by atoms with van der Waals surface area (Å²) >= 11 is 0. The monoisotopic (exact) mass is 275 g/mol. The maximum Gasteiger partial charge on any atom is 0.223 e. The highest BCUT2D eigenvalue weighted by Gasteiger charge is 2.18. The lowest BCUT2D eigenvalue weighted by atomic mass is 10.1. The molecule has 5 heteroatoms. The first-order chi connectivity index (χ1) is 9.35. The number of amides is 1. The van der Waals surface area contributed by atoms with Crippen molar-refractivity contribution in [2.75, 3.05) is 12.4 Å². The maximum atomic E-state index is 11.8. The molecule has 0 heterocycles. The van der Waals surface area contributed by atoms with Gasteiger partial charge in [0.15, 0.2) is 0 Å². The maximum absolute atomic E-state index is 11.8. The average molecular weight is 275 g/mol. The molecule has 1 unspecified atom stereocenters. The SMILES string of the molecule is COc1ccccc1NC(C#N)CC(=O)NC(C)(C)C. The number of ether oxygens (including phenoxy) is 1. The zero-order valence-corrected chi connectivity index (χ0v) is 12.4. The van der Waals surface area contributed by atoms with Crippen LogP contribution >= 0.6 is 0 Å². The van der Waals surface area contributed by atoms with Crippen molar-refractivity contribution in [1.82, 2.24) is 5.32 Å². The van der Waals surface area contributed by atoms with E-state index >= 15 is 0 Å². The van der Waals surface area contributed by atoms with Gasteiger partial charge >= 0.3 is 0 Å². The summed E-state index contributed by atoms with van der Waals surface area (Å²) in [5, 5.41) is 15.0. The average Bonchev–Trinajstić information content (AvgIpc) is 2.36. The van der Waals surface area contributed by atoms with Crippen LogP contribution in [0.5, 0.6) is 5.75 Å². The number of carbonyl (C=O) groups excluding carboxylic acids is 1. The van der Waals surface area contributed by atoms with Gasteiger partial charge in [-0.05, 0) is 32.9 Å². The molecular formula is C15H21N3O2. The molecule has 108 valence electrons. The zero-order chi connectivity index (χ0) is 15.2.